The molecule has 0 saturated carbocycles. The van der Waals surface area contributed by atoms with Crippen molar-refractivity contribution in [2.45, 2.75) is 31.5 Å². The lowest BCUT2D eigenvalue weighted by atomic mass is 10.2. The average Bonchev–Trinajstić information content (AvgIpc) is 2.60. The smallest absolute Gasteiger partial charge is 0.325 e. The summed E-state index contributed by atoms with van der Waals surface area (Å²) in [5.74, 6) is -0.223. The zero-order valence-corrected chi connectivity index (χ0v) is 7.80. The molecule has 0 bridgehead atoms. The minimum Gasteiger partial charge on any atom is -0.389 e. The summed E-state index contributed by atoms with van der Waals surface area (Å²) < 4.78 is 0. The Bertz CT molecular complexity index is 313. The zero-order valence-electron chi connectivity index (χ0n) is 7.80. The maximum Gasteiger partial charge on any atom is 0.325 e. The third kappa shape index (κ3) is 1.29. The van der Waals surface area contributed by atoms with Crippen LogP contribution in [0.5, 0.6) is 0 Å². The Morgan fingerprint density at radius 1 is 1.50 bits per heavy atom. The molecule has 3 atom stereocenters. The van der Waals surface area contributed by atoms with Crippen LogP contribution in [-0.4, -0.2) is 40.1 Å². The maximum atomic E-state index is 11.5. The maximum absolute atomic E-state index is 11.5. The minimum atomic E-state index is -0.545. The normalized spacial score (nSPS) is 36.7. The van der Waals surface area contributed by atoms with E-state index in [-0.39, 0.29) is 18.0 Å². The van der Waals surface area contributed by atoms with Crippen molar-refractivity contribution >= 4 is 11.9 Å². The van der Waals surface area contributed by atoms with Crippen molar-refractivity contribution in [3.05, 3.63) is 12.2 Å². The van der Waals surface area contributed by atoms with Crippen LogP contribution >= 0.6 is 0 Å². The van der Waals surface area contributed by atoms with Gasteiger partial charge < -0.3 is 10.4 Å². The van der Waals surface area contributed by atoms with Crippen LogP contribution in [-0.2, 0) is 4.79 Å². The fourth-order valence-corrected chi connectivity index (χ4v) is 1.79. The van der Waals surface area contributed by atoms with E-state index < -0.39 is 12.1 Å². The molecule has 1 aliphatic heterocycles. The highest BCUT2D eigenvalue weighted by Crippen LogP contribution is 2.20. The highest BCUT2D eigenvalue weighted by Gasteiger charge is 2.40. The van der Waals surface area contributed by atoms with Crippen LogP contribution in [0.2, 0.25) is 0 Å². The Balaban J connectivity index is 2.15. The molecule has 0 aromatic heterocycles. The van der Waals surface area contributed by atoms with E-state index in [0.717, 1.165) is 0 Å². The summed E-state index contributed by atoms with van der Waals surface area (Å²) in [7, 11) is 0. The lowest BCUT2D eigenvalue weighted by molar-refractivity contribution is -0.128. The van der Waals surface area contributed by atoms with Gasteiger partial charge in [0.2, 0.25) is 0 Å². The summed E-state index contributed by atoms with van der Waals surface area (Å²) in [6, 6.07) is -1.11. The van der Waals surface area contributed by atoms with Crippen molar-refractivity contribution in [3.8, 4) is 0 Å². The Kier molecular flexibility index (Phi) is 2.03. The fraction of sp³-hybridized carbons (Fsp3) is 0.556. The molecule has 1 fully saturated rings. The summed E-state index contributed by atoms with van der Waals surface area (Å²) in [5.41, 5.74) is 0. The van der Waals surface area contributed by atoms with E-state index in [4.69, 9.17) is 0 Å². The number of nitrogens with one attached hydrogen (secondary N) is 1. The van der Waals surface area contributed by atoms with Crippen LogP contribution in [0.25, 0.3) is 0 Å². The molecule has 1 saturated heterocycles. The van der Waals surface area contributed by atoms with E-state index in [1.165, 1.54) is 4.90 Å². The summed E-state index contributed by atoms with van der Waals surface area (Å²) in [4.78, 5) is 24.1. The SMILES string of the molecule is CC1NC(=O)N([C@H]2C=C[C@@H](O)C2)C1=O. The molecule has 3 amide bonds. The van der Waals surface area contributed by atoms with Gasteiger partial charge >= 0.3 is 6.03 Å². The number of hydrogen-bond acceptors (Lipinski definition) is 3. The van der Waals surface area contributed by atoms with Gasteiger partial charge in [-0.3, -0.25) is 9.69 Å². The van der Waals surface area contributed by atoms with Gasteiger partial charge in [-0.15, -0.1) is 0 Å². The molecule has 1 unspecified atom stereocenters. The van der Waals surface area contributed by atoms with Crippen LogP contribution in [0.3, 0.4) is 0 Å². The molecule has 5 nitrogen and oxygen atoms in total. The molecule has 76 valence electrons. The van der Waals surface area contributed by atoms with Crippen molar-refractivity contribution in [3.63, 3.8) is 0 Å². The number of aliphatic hydroxyl groups is 1. The Hall–Kier alpha value is -1.36. The fourth-order valence-electron chi connectivity index (χ4n) is 1.79. The molecule has 2 aliphatic rings. The first-order valence-electron chi connectivity index (χ1n) is 4.59. The van der Waals surface area contributed by atoms with Gasteiger partial charge in [0.15, 0.2) is 0 Å². The van der Waals surface area contributed by atoms with Gasteiger partial charge in [-0.25, -0.2) is 4.79 Å². The molecule has 5 heteroatoms. The van der Waals surface area contributed by atoms with Crippen LogP contribution in [0.15, 0.2) is 12.2 Å². The zero-order chi connectivity index (χ0) is 10.3. The third-order valence-electron chi connectivity index (χ3n) is 2.54. The lowest BCUT2D eigenvalue weighted by Gasteiger charge is -2.19. The molecular weight excluding hydrogens is 184 g/mol. The van der Waals surface area contributed by atoms with Crippen molar-refractivity contribution in [2.24, 2.45) is 0 Å². The standard InChI is InChI=1S/C9H12N2O3/c1-5-8(13)11(9(14)10-5)6-2-3-7(12)4-6/h2-3,5-7,12H,4H2,1H3,(H,10,14)/t5?,6-,7+/m0/s1. The molecule has 0 aromatic rings. The molecule has 1 aliphatic carbocycles. The summed E-state index contributed by atoms with van der Waals surface area (Å²) in [5, 5.41) is 11.8. The van der Waals surface area contributed by atoms with E-state index in [1.807, 2.05) is 0 Å². The average molecular weight is 196 g/mol. The largest absolute Gasteiger partial charge is 0.389 e. The number of amides is 3. The second-order valence-electron chi connectivity index (χ2n) is 3.63. The van der Waals surface area contributed by atoms with Gasteiger partial charge in [-0.2, -0.15) is 0 Å². The van der Waals surface area contributed by atoms with Gasteiger partial charge in [0.1, 0.15) is 6.04 Å². The molecule has 0 radical (unpaired) electrons. The third-order valence-corrected chi connectivity index (χ3v) is 2.54. The van der Waals surface area contributed by atoms with Crippen molar-refractivity contribution < 1.29 is 14.7 Å². The Morgan fingerprint density at radius 3 is 2.64 bits per heavy atom. The van der Waals surface area contributed by atoms with Gasteiger partial charge in [-0.1, -0.05) is 12.2 Å². The molecule has 2 rings (SSSR count). The number of urea groups is 1. The van der Waals surface area contributed by atoms with E-state index >= 15 is 0 Å². The number of carbonyl (C=O) groups is 2. The predicted molar refractivity (Wildman–Crippen MR) is 48.4 cm³/mol. The van der Waals surface area contributed by atoms with Crippen LogP contribution in [0, 0.1) is 0 Å². The van der Waals surface area contributed by atoms with Crippen molar-refractivity contribution in [1.29, 1.82) is 0 Å². The first kappa shape index (κ1) is 9.21. The van der Waals surface area contributed by atoms with Crippen LogP contribution in [0.1, 0.15) is 13.3 Å². The summed E-state index contributed by atoms with van der Waals surface area (Å²) in [6.07, 6.45) is 3.16. The molecule has 14 heavy (non-hydrogen) atoms. The number of carbonyl (C=O) groups excluding carboxylic acids is 2. The molecule has 1 heterocycles. The second kappa shape index (κ2) is 3.09. The second-order valence-corrected chi connectivity index (χ2v) is 3.63. The van der Waals surface area contributed by atoms with Crippen LogP contribution in [0.4, 0.5) is 4.79 Å². The van der Waals surface area contributed by atoms with Gasteiger partial charge in [0, 0.05) is 6.42 Å². The first-order valence-corrected chi connectivity index (χ1v) is 4.59. The van der Waals surface area contributed by atoms with E-state index in [9.17, 15) is 14.7 Å². The Labute approximate surface area is 81.4 Å². The number of nitrogens with zero attached hydrogens (tertiary/aromatic N) is 1. The number of aliphatic hydroxyl groups excluding tert-OH is 1. The summed E-state index contributed by atoms with van der Waals surface area (Å²) in [6.45, 7) is 1.65. The number of imide groups is 1. The van der Waals surface area contributed by atoms with E-state index in [2.05, 4.69) is 5.32 Å². The van der Waals surface area contributed by atoms with E-state index in [1.54, 1.807) is 19.1 Å². The van der Waals surface area contributed by atoms with Crippen LogP contribution < -0.4 is 5.32 Å². The molecule has 0 aromatic carbocycles. The predicted octanol–water partition coefficient (Wildman–Crippen LogP) is -0.384. The summed E-state index contributed by atoms with van der Waals surface area (Å²) >= 11 is 0. The van der Waals surface area contributed by atoms with Gasteiger partial charge in [0.25, 0.3) is 5.91 Å². The molecular formula is C9H12N2O3. The molecule has 2 N–H and O–H groups in total. The van der Waals surface area contributed by atoms with E-state index in [0.29, 0.717) is 6.42 Å². The van der Waals surface area contributed by atoms with Crippen molar-refractivity contribution in [2.75, 3.05) is 0 Å². The molecule has 0 spiro atoms. The quantitative estimate of drug-likeness (QED) is 0.443. The number of rotatable bonds is 1. The minimum absolute atomic E-state index is 0.223. The monoisotopic (exact) mass is 196 g/mol. The Morgan fingerprint density at radius 2 is 2.21 bits per heavy atom. The highest BCUT2D eigenvalue weighted by atomic mass is 16.3. The lowest BCUT2D eigenvalue weighted by Crippen LogP contribution is -2.39. The first-order chi connectivity index (χ1) is 6.59. The van der Waals surface area contributed by atoms with Gasteiger partial charge in [0.05, 0.1) is 12.1 Å². The van der Waals surface area contributed by atoms with Gasteiger partial charge in [-0.05, 0) is 6.92 Å². The number of hydrogen-bond donors (Lipinski definition) is 2. The van der Waals surface area contributed by atoms with Crippen molar-refractivity contribution in [1.82, 2.24) is 10.2 Å². The topological polar surface area (TPSA) is 69.6 Å². The highest BCUT2D eigenvalue weighted by molar-refractivity contribution is 6.04.